The summed E-state index contributed by atoms with van der Waals surface area (Å²) in [6.07, 6.45) is 3.87. The predicted molar refractivity (Wildman–Crippen MR) is 121 cm³/mol. The van der Waals surface area contributed by atoms with Gasteiger partial charge in [0.15, 0.2) is 6.61 Å². The van der Waals surface area contributed by atoms with Gasteiger partial charge in [-0.2, -0.15) is 5.26 Å². The molecule has 0 N–H and O–H groups in total. The zero-order valence-electron chi connectivity index (χ0n) is 17.4. The molecule has 152 valence electrons. The predicted octanol–water partition coefficient (Wildman–Crippen LogP) is 6.13. The summed E-state index contributed by atoms with van der Waals surface area (Å²) in [7, 11) is 0. The summed E-state index contributed by atoms with van der Waals surface area (Å²) in [6.45, 7) is 6.47. The summed E-state index contributed by atoms with van der Waals surface area (Å²) in [5.41, 5.74) is 4.37. The lowest BCUT2D eigenvalue weighted by Gasteiger charge is -2.36. The fourth-order valence-electron chi connectivity index (χ4n) is 4.08. The van der Waals surface area contributed by atoms with Crippen molar-refractivity contribution in [3.8, 4) is 6.07 Å². The minimum atomic E-state index is -0.448. The molecule has 0 spiro atoms. The second-order valence-corrected chi connectivity index (χ2v) is 9.70. The average Bonchev–Trinajstić information content (AvgIpc) is 3.22. The van der Waals surface area contributed by atoms with E-state index in [0.29, 0.717) is 11.5 Å². The number of nitrogens with zero attached hydrogens (tertiary/aromatic N) is 2. The fraction of sp³-hybridized carbons (Fsp3) is 0.320. The molecular formula is C25H24N2O2S. The van der Waals surface area contributed by atoms with Crippen molar-refractivity contribution in [2.24, 2.45) is 11.3 Å². The Morgan fingerprint density at radius 2 is 2.07 bits per heavy atom. The van der Waals surface area contributed by atoms with Crippen molar-refractivity contribution in [1.29, 1.82) is 5.26 Å². The molecule has 3 aromatic rings. The van der Waals surface area contributed by atoms with Gasteiger partial charge >= 0.3 is 5.97 Å². The van der Waals surface area contributed by atoms with Crippen LogP contribution in [0.1, 0.15) is 53.7 Å². The van der Waals surface area contributed by atoms with E-state index < -0.39 is 5.97 Å². The largest absolute Gasteiger partial charge is 0.447 e. The van der Waals surface area contributed by atoms with Gasteiger partial charge in [0.05, 0.1) is 16.8 Å². The molecule has 5 heteroatoms. The van der Waals surface area contributed by atoms with Crippen molar-refractivity contribution in [2.45, 2.75) is 33.6 Å². The number of aromatic nitrogens is 1. The van der Waals surface area contributed by atoms with Gasteiger partial charge in [-0.15, -0.1) is 11.3 Å². The highest BCUT2D eigenvalue weighted by Gasteiger charge is 2.35. The van der Waals surface area contributed by atoms with E-state index in [1.807, 2.05) is 36.4 Å². The summed E-state index contributed by atoms with van der Waals surface area (Å²) in [6, 6.07) is 13.7. The first kappa shape index (κ1) is 20.3. The number of benzene rings is 1. The third-order valence-corrected chi connectivity index (χ3v) is 6.59. The zero-order chi connectivity index (χ0) is 21.3. The van der Waals surface area contributed by atoms with Gasteiger partial charge < -0.3 is 4.74 Å². The van der Waals surface area contributed by atoms with Crippen LogP contribution in [0.5, 0.6) is 0 Å². The quantitative estimate of drug-likeness (QED) is 0.482. The van der Waals surface area contributed by atoms with Crippen LogP contribution in [-0.2, 0) is 11.2 Å². The Kier molecular flexibility index (Phi) is 5.44. The molecule has 2 heterocycles. The van der Waals surface area contributed by atoms with Gasteiger partial charge in [0.25, 0.3) is 0 Å². The third-order valence-electron chi connectivity index (χ3n) is 5.77. The minimum absolute atomic E-state index is 0.0751. The van der Waals surface area contributed by atoms with Crippen LogP contribution < -0.4 is 0 Å². The highest BCUT2D eigenvalue weighted by Crippen LogP contribution is 2.45. The number of esters is 1. The Morgan fingerprint density at radius 3 is 2.77 bits per heavy atom. The Balaban J connectivity index is 1.98. The Morgan fingerprint density at radius 1 is 1.27 bits per heavy atom. The van der Waals surface area contributed by atoms with E-state index >= 15 is 0 Å². The van der Waals surface area contributed by atoms with E-state index in [4.69, 9.17) is 15.0 Å². The second-order valence-electron chi connectivity index (χ2n) is 8.72. The van der Waals surface area contributed by atoms with Crippen LogP contribution in [0.25, 0.3) is 22.6 Å². The molecule has 0 bridgehead atoms. The molecule has 4 rings (SSSR count). The highest BCUT2D eigenvalue weighted by atomic mass is 32.1. The summed E-state index contributed by atoms with van der Waals surface area (Å²) in [5.74, 6) is -0.0851. The van der Waals surface area contributed by atoms with Gasteiger partial charge in [0.2, 0.25) is 0 Å². The smallest absolute Gasteiger partial charge is 0.340 e. The maximum atomic E-state index is 13.1. The normalized spacial score (nSPS) is 17.5. The lowest BCUT2D eigenvalue weighted by atomic mass is 9.69. The van der Waals surface area contributed by atoms with Gasteiger partial charge in [-0.05, 0) is 58.9 Å². The fourth-order valence-corrected chi connectivity index (χ4v) is 4.77. The van der Waals surface area contributed by atoms with E-state index in [1.165, 1.54) is 4.88 Å². The molecule has 1 unspecified atom stereocenters. The molecule has 1 aromatic carbocycles. The second kappa shape index (κ2) is 8.04. The van der Waals surface area contributed by atoms with Crippen LogP contribution in [0.4, 0.5) is 0 Å². The van der Waals surface area contributed by atoms with E-state index in [2.05, 4.69) is 38.3 Å². The Hall–Kier alpha value is -2.97. The van der Waals surface area contributed by atoms with Gasteiger partial charge in [-0.25, -0.2) is 9.78 Å². The lowest BCUT2D eigenvalue weighted by Crippen LogP contribution is -2.28. The molecule has 30 heavy (non-hydrogen) atoms. The van der Waals surface area contributed by atoms with Crippen LogP contribution >= 0.6 is 11.3 Å². The molecule has 0 fully saturated rings. The molecule has 1 aliphatic carbocycles. The van der Waals surface area contributed by atoms with Crippen molar-refractivity contribution in [3.63, 3.8) is 0 Å². The number of allylic oxidation sites excluding steroid dienone is 1. The standard InChI is InChI=1S/C25H24N2O2S/c1-25(2,3)17-13-16(14-18-7-6-12-30-18)23-20(15-17)22(24(28)29-11-10-26)19-8-4-5-9-21(19)27-23/h4-9,12,14,17H,11,13,15H2,1-3H3/b16-14+. The van der Waals surface area contributed by atoms with Crippen LogP contribution in [0, 0.1) is 22.7 Å². The van der Waals surface area contributed by atoms with Crippen LogP contribution in [0.15, 0.2) is 41.8 Å². The number of nitriles is 1. The van der Waals surface area contributed by atoms with Gasteiger partial charge in [-0.3, -0.25) is 0 Å². The summed E-state index contributed by atoms with van der Waals surface area (Å²) in [4.78, 5) is 19.2. The Labute approximate surface area is 180 Å². The molecule has 0 amide bonds. The van der Waals surface area contributed by atoms with Gasteiger partial charge in [0, 0.05) is 10.3 Å². The van der Waals surface area contributed by atoms with Gasteiger partial charge in [0.1, 0.15) is 6.07 Å². The molecule has 2 aromatic heterocycles. The van der Waals surface area contributed by atoms with E-state index in [9.17, 15) is 4.79 Å². The van der Waals surface area contributed by atoms with Crippen molar-refractivity contribution in [2.75, 3.05) is 6.61 Å². The molecule has 1 aliphatic rings. The topological polar surface area (TPSA) is 63.0 Å². The monoisotopic (exact) mass is 416 g/mol. The minimum Gasteiger partial charge on any atom is -0.447 e. The number of hydrogen-bond acceptors (Lipinski definition) is 5. The number of para-hydroxylation sites is 1. The Bertz CT molecular complexity index is 1160. The van der Waals surface area contributed by atoms with E-state index in [1.54, 1.807) is 11.3 Å². The molecule has 0 saturated carbocycles. The summed E-state index contributed by atoms with van der Waals surface area (Å²) >= 11 is 1.69. The van der Waals surface area contributed by atoms with E-state index in [0.717, 1.165) is 40.6 Å². The number of carbonyl (C=O) groups is 1. The first-order valence-electron chi connectivity index (χ1n) is 10.1. The number of ether oxygens (including phenoxy) is 1. The molecule has 0 aliphatic heterocycles. The van der Waals surface area contributed by atoms with Crippen molar-refractivity contribution >= 4 is 39.9 Å². The number of carbonyl (C=O) groups excluding carboxylic acids is 1. The van der Waals surface area contributed by atoms with Crippen LogP contribution in [0.2, 0.25) is 0 Å². The number of fused-ring (bicyclic) bond motifs is 2. The number of thiophene rings is 1. The summed E-state index contributed by atoms with van der Waals surface area (Å²) < 4.78 is 5.27. The lowest BCUT2D eigenvalue weighted by molar-refractivity contribution is 0.0555. The SMILES string of the molecule is CC(C)(C)C1C/C(=C\c2cccs2)c2nc3ccccc3c(C(=O)OCC#N)c2C1. The average molecular weight is 417 g/mol. The third kappa shape index (κ3) is 3.88. The van der Waals surface area contributed by atoms with Crippen LogP contribution in [0.3, 0.4) is 0 Å². The molecule has 4 nitrogen and oxygen atoms in total. The molecule has 1 atom stereocenters. The van der Waals surface area contributed by atoms with E-state index in [-0.39, 0.29) is 12.0 Å². The van der Waals surface area contributed by atoms with Crippen LogP contribution in [-0.4, -0.2) is 17.6 Å². The maximum absolute atomic E-state index is 13.1. The number of pyridine rings is 1. The number of rotatable bonds is 3. The van der Waals surface area contributed by atoms with Gasteiger partial charge in [-0.1, -0.05) is 45.0 Å². The van der Waals surface area contributed by atoms with Crippen molar-refractivity contribution in [3.05, 3.63) is 63.5 Å². The first-order chi connectivity index (χ1) is 14.4. The number of hydrogen-bond donors (Lipinski definition) is 0. The molecule has 0 saturated heterocycles. The first-order valence-corrected chi connectivity index (χ1v) is 11.0. The van der Waals surface area contributed by atoms with Crippen molar-refractivity contribution in [1.82, 2.24) is 4.98 Å². The molecule has 0 radical (unpaired) electrons. The summed E-state index contributed by atoms with van der Waals surface area (Å²) in [5, 5.41) is 11.7. The van der Waals surface area contributed by atoms with Crippen molar-refractivity contribution < 1.29 is 9.53 Å². The highest BCUT2D eigenvalue weighted by molar-refractivity contribution is 7.10. The molecular weight excluding hydrogens is 392 g/mol. The zero-order valence-corrected chi connectivity index (χ0v) is 18.3. The maximum Gasteiger partial charge on any atom is 0.340 e.